The van der Waals surface area contributed by atoms with E-state index in [-0.39, 0.29) is 18.3 Å². The van der Waals surface area contributed by atoms with Crippen LogP contribution in [0.5, 0.6) is 5.75 Å². The monoisotopic (exact) mass is 361 g/mol. The summed E-state index contributed by atoms with van der Waals surface area (Å²) in [6.07, 6.45) is 0. The van der Waals surface area contributed by atoms with Gasteiger partial charge in [0.25, 0.3) is 5.91 Å². The Balaban J connectivity index is 1.91. The molecule has 0 bridgehead atoms. The van der Waals surface area contributed by atoms with Crippen molar-refractivity contribution in [1.82, 2.24) is 0 Å². The van der Waals surface area contributed by atoms with Crippen LogP contribution >= 0.6 is 15.9 Å². The van der Waals surface area contributed by atoms with E-state index >= 15 is 0 Å². The molecule has 0 heterocycles. The first-order chi connectivity index (χ1) is 10.5. The van der Waals surface area contributed by atoms with E-state index in [1.165, 1.54) is 6.92 Å². The van der Waals surface area contributed by atoms with E-state index in [0.29, 0.717) is 17.0 Å². The fourth-order valence-corrected chi connectivity index (χ4v) is 2.38. The minimum atomic E-state index is -0.252. The Labute approximate surface area is 137 Å². The third kappa shape index (κ3) is 4.43. The third-order valence-corrected chi connectivity index (χ3v) is 3.56. The number of ether oxygens (including phenoxy) is 1. The molecule has 4 nitrogen and oxygen atoms in total. The van der Waals surface area contributed by atoms with Crippen molar-refractivity contribution < 1.29 is 14.3 Å². The molecular formula is C17H16BrNO3. The van der Waals surface area contributed by atoms with Crippen molar-refractivity contribution in [2.24, 2.45) is 0 Å². The molecule has 114 valence electrons. The Morgan fingerprint density at radius 3 is 2.41 bits per heavy atom. The fourth-order valence-electron chi connectivity index (χ4n) is 1.90. The number of halogens is 1. The highest BCUT2D eigenvalue weighted by Gasteiger charge is 2.06. The second-order valence-electron chi connectivity index (χ2n) is 4.88. The van der Waals surface area contributed by atoms with E-state index in [2.05, 4.69) is 21.2 Å². The Morgan fingerprint density at radius 2 is 1.82 bits per heavy atom. The van der Waals surface area contributed by atoms with Gasteiger partial charge in [0, 0.05) is 15.7 Å². The largest absolute Gasteiger partial charge is 0.483 e. The molecule has 0 radical (unpaired) electrons. The number of carbonyl (C=O) groups excluding carboxylic acids is 2. The molecule has 0 saturated heterocycles. The summed E-state index contributed by atoms with van der Waals surface area (Å²) in [7, 11) is 0. The predicted octanol–water partition coefficient (Wildman–Crippen LogP) is 3.98. The van der Waals surface area contributed by atoms with Crippen LogP contribution in [0.25, 0.3) is 0 Å². The molecule has 0 aliphatic heterocycles. The van der Waals surface area contributed by atoms with Gasteiger partial charge in [-0.3, -0.25) is 9.59 Å². The zero-order valence-corrected chi connectivity index (χ0v) is 13.9. The molecule has 2 aromatic carbocycles. The average Bonchev–Trinajstić information content (AvgIpc) is 2.47. The van der Waals surface area contributed by atoms with Crippen LogP contribution in [-0.4, -0.2) is 18.3 Å². The van der Waals surface area contributed by atoms with Gasteiger partial charge in [-0.1, -0.05) is 15.9 Å². The highest BCUT2D eigenvalue weighted by atomic mass is 79.9. The Hall–Kier alpha value is -2.14. The quantitative estimate of drug-likeness (QED) is 0.819. The highest BCUT2D eigenvalue weighted by Crippen LogP contribution is 2.22. The van der Waals surface area contributed by atoms with Gasteiger partial charge in [-0.05, 0) is 61.9 Å². The summed E-state index contributed by atoms with van der Waals surface area (Å²) in [5, 5.41) is 2.72. The molecule has 0 unspecified atom stereocenters. The van der Waals surface area contributed by atoms with Gasteiger partial charge < -0.3 is 10.1 Å². The lowest BCUT2D eigenvalue weighted by Gasteiger charge is -2.10. The molecule has 2 aromatic rings. The summed E-state index contributed by atoms with van der Waals surface area (Å²) in [4.78, 5) is 23.1. The molecule has 2 rings (SSSR count). The number of nitrogens with one attached hydrogen (secondary N) is 1. The van der Waals surface area contributed by atoms with E-state index in [4.69, 9.17) is 4.74 Å². The number of rotatable bonds is 5. The van der Waals surface area contributed by atoms with E-state index in [1.54, 1.807) is 24.3 Å². The lowest BCUT2D eigenvalue weighted by atomic mass is 10.1. The molecule has 22 heavy (non-hydrogen) atoms. The lowest BCUT2D eigenvalue weighted by Crippen LogP contribution is -2.20. The third-order valence-electron chi connectivity index (χ3n) is 3.07. The molecular weight excluding hydrogens is 346 g/mol. The molecule has 0 fully saturated rings. The van der Waals surface area contributed by atoms with Crippen molar-refractivity contribution in [2.75, 3.05) is 11.9 Å². The first kappa shape index (κ1) is 16.2. The van der Waals surface area contributed by atoms with Crippen LogP contribution in [-0.2, 0) is 4.79 Å². The molecule has 5 heteroatoms. The zero-order valence-electron chi connectivity index (χ0n) is 12.4. The van der Waals surface area contributed by atoms with Crippen LogP contribution in [0.1, 0.15) is 22.8 Å². The van der Waals surface area contributed by atoms with Gasteiger partial charge in [-0.25, -0.2) is 0 Å². The van der Waals surface area contributed by atoms with Crippen molar-refractivity contribution in [3.8, 4) is 5.75 Å². The smallest absolute Gasteiger partial charge is 0.262 e. The van der Waals surface area contributed by atoms with Gasteiger partial charge in [0.05, 0.1) is 0 Å². The fraction of sp³-hybridized carbons (Fsp3) is 0.176. The molecule has 1 amide bonds. The van der Waals surface area contributed by atoms with Crippen LogP contribution in [0.15, 0.2) is 46.9 Å². The molecule has 0 saturated carbocycles. The molecule has 0 atom stereocenters. The average molecular weight is 362 g/mol. The van der Waals surface area contributed by atoms with Gasteiger partial charge >= 0.3 is 0 Å². The molecule has 0 spiro atoms. The Kier molecular flexibility index (Phi) is 5.33. The zero-order chi connectivity index (χ0) is 16.1. The number of benzene rings is 2. The van der Waals surface area contributed by atoms with Gasteiger partial charge in [-0.15, -0.1) is 0 Å². The summed E-state index contributed by atoms with van der Waals surface area (Å²) in [5.74, 6) is 0.412. The molecule has 0 aliphatic rings. The summed E-state index contributed by atoms with van der Waals surface area (Å²) >= 11 is 3.38. The molecule has 1 N–H and O–H groups in total. The summed E-state index contributed by atoms with van der Waals surface area (Å²) < 4.78 is 6.47. The number of amides is 1. The van der Waals surface area contributed by atoms with Crippen LogP contribution in [0.4, 0.5) is 5.69 Å². The Bertz CT molecular complexity index is 696. The summed E-state index contributed by atoms with van der Waals surface area (Å²) in [5.41, 5.74) is 2.19. The van der Waals surface area contributed by atoms with E-state index in [9.17, 15) is 9.59 Å². The van der Waals surface area contributed by atoms with E-state index in [1.807, 2.05) is 25.1 Å². The number of Topliss-reactive ketones (excluding diaryl/α,β-unsaturated/α-hetero) is 1. The number of carbonyl (C=O) groups is 2. The van der Waals surface area contributed by atoms with Crippen LogP contribution in [0.2, 0.25) is 0 Å². The second kappa shape index (κ2) is 7.22. The summed E-state index contributed by atoms with van der Waals surface area (Å²) in [6.45, 7) is 3.34. The van der Waals surface area contributed by atoms with E-state index in [0.717, 1.165) is 10.0 Å². The number of ketones is 1. The van der Waals surface area contributed by atoms with Crippen molar-refractivity contribution >= 4 is 33.3 Å². The van der Waals surface area contributed by atoms with Crippen molar-refractivity contribution in [1.29, 1.82) is 0 Å². The van der Waals surface area contributed by atoms with Gasteiger partial charge in [0.2, 0.25) is 0 Å². The lowest BCUT2D eigenvalue weighted by molar-refractivity contribution is -0.118. The minimum Gasteiger partial charge on any atom is -0.483 e. The molecule has 0 aliphatic carbocycles. The standard InChI is InChI=1S/C17H16BrNO3/c1-11-9-14(18)5-8-16(11)22-10-17(21)19-15-6-3-13(4-7-15)12(2)20/h3-9H,10H2,1-2H3,(H,19,21). The Morgan fingerprint density at radius 1 is 1.14 bits per heavy atom. The highest BCUT2D eigenvalue weighted by molar-refractivity contribution is 9.10. The number of hydrogen-bond acceptors (Lipinski definition) is 3. The number of hydrogen-bond donors (Lipinski definition) is 1. The summed E-state index contributed by atoms with van der Waals surface area (Å²) in [6, 6.07) is 12.3. The van der Waals surface area contributed by atoms with Crippen LogP contribution in [0.3, 0.4) is 0 Å². The first-order valence-corrected chi connectivity index (χ1v) is 7.55. The van der Waals surface area contributed by atoms with E-state index < -0.39 is 0 Å². The second-order valence-corrected chi connectivity index (χ2v) is 5.80. The van der Waals surface area contributed by atoms with Crippen LogP contribution < -0.4 is 10.1 Å². The van der Waals surface area contributed by atoms with Crippen molar-refractivity contribution in [3.05, 3.63) is 58.1 Å². The maximum Gasteiger partial charge on any atom is 0.262 e. The van der Waals surface area contributed by atoms with Crippen molar-refractivity contribution in [3.63, 3.8) is 0 Å². The predicted molar refractivity (Wildman–Crippen MR) is 89.5 cm³/mol. The maximum absolute atomic E-state index is 11.9. The van der Waals surface area contributed by atoms with Gasteiger partial charge in [-0.2, -0.15) is 0 Å². The first-order valence-electron chi connectivity index (χ1n) is 6.75. The van der Waals surface area contributed by atoms with Crippen LogP contribution in [0, 0.1) is 6.92 Å². The van der Waals surface area contributed by atoms with Gasteiger partial charge in [0.1, 0.15) is 5.75 Å². The maximum atomic E-state index is 11.9. The minimum absolute atomic E-state index is 0.00748. The topological polar surface area (TPSA) is 55.4 Å². The molecule has 0 aromatic heterocycles. The van der Waals surface area contributed by atoms with Gasteiger partial charge in [0.15, 0.2) is 12.4 Å². The number of aryl methyl sites for hydroxylation is 1. The normalized spacial score (nSPS) is 10.1. The number of anilines is 1. The SMILES string of the molecule is CC(=O)c1ccc(NC(=O)COc2ccc(Br)cc2C)cc1. The van der Waals surface area contributed by atoms with Crippen molar-refractivity contribution in [2.45, 2.75) is 13.8 Å².